The maximum absolute atomic E-state index is 4.41. The highest BCUT2D eigenvalue weighted by atomic mass is 14.7. The molecule has 0 aliphatic carbocycles. The van der Waals surface area contributed by atoms with E-state index in [0.29, 0.717) is 0 Å². The molecule has 1 rings (SSSR count). The maximum Gasteiger partial charge on any atom is 0.0385 e. The molecule has 0 bridgehead atoms. The lowest BCUT2D eigenvalue weighted by atomic mass is 10.2. The first-order valence-electron chi connectivity index (χ1n) is 5.95. The highest BCUT2D eigenvalue weighted by Crippen LogP contribution is 1.99. The number of benzene rings is 1. The van der Waals surface area contributed by atoms with Crippen LogP contribution in [-0.2, 0) is 6.42 Å². The fourth-order valence-electron chi connectivity index (χ4n) is 1.51. The summed E-state index contributed by atoms with van der Waals surface area (Å²) >= 11 is 0. The topological polar surface area (TPSA) is 12.4 Å². The maximum atomic E-state index is 4.41. The van der Waals surface area contributed by atoms with Gasteiger partial charge in [0, 0.05) is 19.2 Å². The van der Waals surface area contributed by atoms with Crippen LogP contribution in [0.25, 0.3) is 0 Å². The monoisotopic (exact) mass is 203 g/mol. The molecule has 0 amide bonds. The summed E-state index contributed by atoms with van der Waals surface area (Å²) in [5.41, 5.74) is 1.34. The molecular weight excluding hydrogens is 182 g/mol. The average Bonchev–Trinajstić information content (AvgIpc) is 2.29. The average molecular weight is 203 g/mol. The first-order chi connectivity index (χ1) is 7.43. The minimum Gasteiger partial charge on any atom is -0.297 e. The fraction of sp³-hybridized carbons (Fsp3) is 0.500. The van der Waals surface area contributed by atoms with Crippen LogP contribution in [0.1, 0.15) is 38.2 Å². The van der Waals surface area contributed by atoms with E-state index in [9.17, 15) is 0 Å². The van der Waals surface area contributed by atoms with Gasteiger partial charge < -0.3 is 0 Å². The summed E-state index contributed by atoms with van der Waals surface area (Å²) in [5.74, 6) is 0. The van der Waals surface area contributed by atoms with Gasteiger partial charge in [-0.2, -0.15) is 0 Å². The summed E-state index contributed by atoms with van der Waals surface area (Å²) in [7, 11) is 0. The first-order valence-corrected chi connectivity index (χ1v) is 5.95. The van der Waals surface area contributed by atoms with Gasteiger partial charge in [0.1, 0.15) is 0 Å². The smallest absolute Gasteiger partial charge is 0.0385 e. The Morgan fingerprint density at radius 3 is 2.60 bits per heavy atom. The van der Waals surface area contributed by atoms with Gasteiger partial charge in [-0.15, -0.1) is 0 Å². The Balaban J connectivity index is 2.07. The van der Waals surface area contributed by atoms with Gasteiger partial charge >= 0.3 is 0 Å². The van der Waals surface area contributed by atoms with Gasteiger partial charge in [0.05, 0.1) is 0 Å². The van der Waals surface area contributed by atoms with Crippen LogP contribution in [0.3, 0.4) is 0 Å². The van der Waals surface area contributed by atoms with Crippen LogP contribution in [-0.4, -0.2) is 12.8 Å². The molecule has 0 heterocycles. The minimum absolute atomic E-state index is 0.967. The molecule has 0 unspecified atom stereocenters. The molecule has 15 heavy (non-hydrogen) atoms. The van der Waals surface area contributed by atoms with Gasteiger partial charge in [0.15, 0.2) is 0 Å². The summed E-state index contributed by atoms with van der Waals surface area (Å²) in [5, 5.41) is 0. The molecular formula is C14H21N. The van der Waals surface area contributed by atoms with E-state index in [-0.39, 0.29) is 0 Å². The number of hydrogen-bond acceptors (Lipinski definition) is 1. The summed E-state index contributed by atoms with van der Waals surface area (Å²) in [6.07, 6.45) is 8.20. The van der Waals surface area contributed by atoms with Crippen molar-refractivity contribution in [1.82, 2.24) is 0 Å². The highest BCUT2D eigenvalue weighted by molar-refractivity contribution is 5.61. The third-order valence-electron chi connectivity index (χ3n) is 2.44. The van der Waals surface area contributed by atoms with Crippen molar-refractivity contribution in [3.05, 3.63) is 35.9 Å². The lowest BCUT2D eigenvalue weighted by molar-refractivity contribution is 0.675. The Labute approximate surface area is 93.2 Å². The van der Waals surface area contributed by atoms with Gasteiger partial charge in [-0.3, -0.25) is 4.99 Å². The van der Waals surface area contributed by atoms with Gasteiger partial charge in [-0.25, -0.2) is 0 Å². The molecule has 0 spiro atoms. The van der Waals surface area contributed by atoms with E-state index in [1.165, 1.54) is 31.2 Å². The van der Waals surface area contributed by atoms with E-state index in [1.807, 2.05) is 12.3 Å². The van der Waals surface area contributed by atoms with Crippen molar-refractivity contribution in [2.75, 3.05) is 6.54 Å². The molecule has 0 radical (unpaired) electrons. The molecule has 1 aromatic carbocycles. The third-order valence-corrected chi connectivity index (χ3v) is 2.44. The van der Waals surface area contributed by atoms with Crippen LogP contribution in [0, 0.1) is 0 Å². The van der Waals surface area contributed by atoms with E-state index in [0.717, 1.165) is 13.0 Å². The van der Waals surface area contributed by atoms with E-state index in [1.54, 1.807) is 0 Å². The predicted molar refractivity (Wildman–Crippen MR) is 67.6 cm³/mol. The molecule has 0 atom stereocenters. The largest absolute Gasteiger partial charge is 0.297 e. The van der Waals surface area contributed by atoms with Crippen LogP contribution in [0.5, 0.6) is 0 Å². The zero-order chi connectivity index (χ0) is 10.8. The van der Waals surface area contributed by atoms with Gasteiger partial charge in [0.25, 0.3) is 0 Å². The van der Waals surface area contributed by atoms with Crippen molar-refractivity contribution in [2.24, 2.45) is 4.99 Å². The van der Waals surface area contributed by atoms with Crippen LogP contribution in [0.4, 0.5) is 0 Å². The Morgan fingerprint density at radius 1 is 1.07 bits per heavy atom. The molecule has 0 fully saturated rings. The van der Waals surface area contributed by atoms with Crippen LogP contribution >= 0.6 is 0 Å². The van der Waals surface area contributed by atoms with Gasteiger partial charge in [-0.1, -0.05) is 56.5 Å². The Morgan fingerprint density at radius 2 is 1.87 bits per heavy atom. The van der Waals surface area contributed by atoms with E-state index in [4.69, 9.17) is 0 Å². The highest BCUT2D eigenvalue weighted by Gasteiger charge is 1.87. The minimum atomic E-state index is 0.967. The lowest BCUT2D eigenvalue weighted by Gasteiger charge is -1.95. The second kappa shape index (κ2) is 8.22. The number of nitrogens with zero attached hydrogens (tertiary/aromatic N) is 1. The summed E-state index contributed by atoms with van der Waals surface area (Å²) < 4.78 is 0. The van der Waals surface area contributed by atoms with Crippen molar-refractivity contribution in [3.8, 4) is 0 Å². The standard InChI is InChI=1S/C14H21N/c1-2-3-4-8-12-15-13-11-14-9-6-5-7-10-14/h5-7,9-10,13H,2-4,8,11-12H2,1H3. The predicted octanol–water partition coefficient (Wildman–Crippen LogP) is 3.88. The van der Waals surface area contributed by atoms with Crippen molar-refractivity contribution < 1.29 is 0 Å². The van der Waals surface area contributed by atoms with E-state index >= 15 is 0 Å². The van der Waals surface area contributed by atoms with Crippen LogP contribution < -0.4 is 0 Å². The molecule has 1 heteroatoms. The molecule has 82 valence electrons. The zero-order valence-electron chi connectivity index (χ0n) is 9.65. The van der Waals surface area contributed by atoms with Crippen LogP contribution in [0.2, 0.25) is 0 Å². The SMILES string of the molecule is CCCCCCN=CCc1ccccc1. The number of hydrogen-bond donors (Lipinski definition) is 0. The second-order valence-corrected chi connectivity index (χ2v) is 3.84. The second-order valence-electron chi connectivity index (χ2n) is 3.84. The molecule has 0 aliphatic heterocycles. The third kappa shape index (κ3) is 6.05. The molecule has 0 N–H and O–H groups in total. The molecule has 0 aliphatic rings. The van der Waals surface area contributed by atoms with Gasteiger partial charge in [-0.05, 0) is 12.0 Å². The van der Waals surface area contributed by atoms with Gasteiger partial charge in [0.2, 0.25) is 0 Å². The normalized spacial score (nSPS) is 11.0. The Kier molecular flexibility index (Phi) is 6.55. The summed E-state index contributed by atoms with van der Waals surface area (Å²) in [4.78, 5) is 4.41. The molecule has 0 saturated carbocycles. The van der Waals surface area contributed by atoms with Crippen molar-refractivity contribution in [2.45, 2.75) is 39.0 Å². The molecule has 1 aromatic rings. The van der Waals surface area contributed by atoms with Crippen molar-refractivity contribution in [1.29, 1.82) is 0 Å². The molecule has 1 nitrogen and oxygen atoms in total. The Hall–Kier alpha value is -1.11. The van der Waals surface area contributed by atoms with Crippen molar-refractivity contribution >= 4 is 6.21 Å². The van der Waals surface area contributed by atoms with Crippen molar-refractivity contribution in [3.63, 3.8) is 0 Å². The lowest BCUT2D eigenvalue weighted by Crippen LogP contribution is -1.87. The van der Waals surface area contributed by atoms with E-state index in [2.05, 4.69) is 36.2 Å². The van der Waals surface area contributed by atoms with Crippen LogP contribution in [0.15, 0.2) is 35.3 Å². The fourth-order valence-corrected chi connectivity index (χ4v) is 1.51. The first kappa shape index (κ1) is 12.0. The summed E-state index contributed by atoms with van der Waals surface area (Å²) in [6.45, 7) is 3.23. The zero-order valence-corrected chi connectivity index (χ0v) is 9.65. The summed E-state index contributed by atoms with van der Waals surface area (Å²) in [6, 6.07) is 10.5. The number of aliphatic imine (C=N–C) groups is 1. The van der Waals surface area contributed by atoms with E-state index < -0.39 is 0 Å². The molecule has 0 aromatic heterocycles. The quantitative estimate of drug-likeness (QED) is 0.471. The number of rotatable bonds is 7. The Bertz CT molecular complexity index is 264. The molecule has 0 saturated heterocycles. The number of unbranched alkanes of at least 4 members (excludes halogenated alkanes) is 3.